The van der Waals surface area contributed by atoms with Crippen molar-refractivity contribution in [1.29, 1.82) is 0 Å². The van der Waals surface area contributed by atoms with E-state index in [-0.39, 0.29) is 5.38 Å². The minimum Gasteiger partial charge on any atom is -0.495 e. The lowest BCUT2D eigenvalue weighted by atomic mass is 10.0. The minimum atomic E-state index is -0.337. The number of benzene rings is 2. The Bertz CT molecular complexity index is 624. The Morgan fingerprint density at radius 1 is 1.10 bits per heavy atom. The van der Waals surface area contributed by atoms with Crippen molar-refractivity contribution < 1.29 is 4.74 Å². The monoisotopic (exact) mass is 436 g/mol. The summed E-state index contributed by atoms with van der Waals surface area (Å²) in [5, 5.41) is 0.279. The summed E-state index contributed by atoms with van der Waals surface area (Å²) in [6.07, 6.45) is 0. The van der Waals surface area contributed by atoms with Gasteiger partial charge in [-0.1, -0.05) is 33.6 Å². The average Bonchev–Trinajstić information content (AvgIpc) is 2.35. The number of halogens is 4. The van der Waals surface area contributed by atoms with Crippen molar-refractivity contribution in [2.24, 2.45) is 0 Å². The third-order valence-corrected chi connectivity index (χ3v) is 4.62. The van der Waals surface area contributed by atoms with E-state index >= 15 is 0 Å². The fraction of sp³-hybridized carbons (Fsp3) is 0.200. The number of alkyl halides is 1. The molecule has 2 aromatic rings. The summed E-state index contributed by atoms with van der Waals surface area (Å²) in [5.41, 5.74) is 2.97. The normalized spacial score (nSPS) is 12.3. The van der Waals surface area contributed by atoms with Crippen molar-refractivity contribution >= 4 is 55.1 Å². The Labute approximate surface area is 145 Å². The molecule has 0 aliphatic heterocycles. The fourth-order valence-corrected chi connectivity index (χ4v) is 3.98. The number of methoxy groups -OCH3 is 1. The summed E-state index contributed by atoms with van der Waals surface area (Å²) in [7, 11) is 1.62. The van der Waals surface area contributed by atoms with E-state index in [1.807, 2.05) is 25.1 Å². The first-order valence-electron chi connectivity index (χ1n) is 5.86. The molecule has 1 nitrogen and oxygen atoms in total. The molecule has 2 aromatic carbocycles. The number of ether oxygens (including phenoxy) is 1. The second-order valence-corrected chi connectivity index (χ2v) is 7.08. The zero-order chi connectivity index (χ0) is 14.9. The third-order valence-electron chi connectivity index (χ3n) is 2.87. The molecule has 0 fully saturated rings. The second-order valence-electron chi connectivity index (χ2n) is 4.43. The molecule has 1 atom stereocenters. The lowest BCUT2D eigenvalue weighted by Crippen LogP contribution is -1.99. The Morgan fingerprint density at radius 3 is 2.40 bits per heavy atom. The average molecular weight is 439 g/mol. The molecule has 0 aromatic heterocycles. The van der Waals surface area contributed by atoms with E-state index in [2.05, 4.69) is 37.9 Å². The van der Waals surface area contributed by atoms with E-state index in [0.29, 0.717) is 10.8 Å². The molecule has 0 N–H and O–H groups in total. The molecule has 0 saturated heterocycles. The number of hydrogen-bond donors (Lipinski definition) is 0. The first kappa shape index (κ1) is 16.2. The first-order chi connectivity index (χ1) is 9.42. The lowest BCUT2D eigenvalue weighted by molar-refractivity contribution is 0.407. The van der Waals surface area contributed by atoms with Gasteiger partial charge in [0.25, 0.3) is 0 Å². The van der Waals surface area contributed by atoms with E-state index in [4.69, 9.17) is 27.9 Å². The topological polar surface area (TPSA) is 9.23 Å². The molecule has 0 amide bonds. The van der Waals surface area contributed by atoms with Gasteiger partial charge in [0, 0.05) is 15.1 Å². The molecule has 2 rings (SSSR count). The first-order valence-corrected chi connectivity index (χ1v) is 8.26. The molecule has 0 aliphatic rings. The van der Waals surface area contributed by atoms with Crippen LogP contribution in [-0.2, 0) is 0 Å². The Kier molecular flexibility index (Phi) is 5.41. The van der Waals surface area contributed by atoms with Crippen molar-refractivity contribution in [3.8, 4) is 5.75 Å². The van der Waals surface area contributed by atoms with Gasteiger partial charge in [0.05, 0.1) is 17.0 Å². The molecule has 5 heteroatoms. The van der Waals surface area contributed by atoms with E-state index in [9.17, 15) is 0 Å². The van der Waals surface area contributed by atoms with E-state index in [0.717, 1.165) is 25.6 Å². The van der Waals surface area contributed by atoms with Gasteiger partial charge in [-0.05, 0) is 58.2 Å². The highest BCUT2D eigenvalue weighted by atomic mass is 79.9. The number of rotatable bonds is 3. The molecule has 0 bridgehead atoms. The van der Waals surface area contributed by atoms with Crippen LogP contribution in [0.3, 0.4) is 0 Å². The molecule has 0 spiro atoms. The van der Waals surface area contributed by atoms with Gasteiger partial charge in [0.2, 0.25) is 0 Å². The van der Waals surface area contributed by atoms with Crippen LogP contribution in [0.5, 0.6) is 5.75 Å². The zero-order valence-electron chi connectivity index (χ0n) is 10.9. The molecule has 0 radical (unpaired) electrons. The summed E-state index contributed by atoms with van der Waals surface area (Å²) < 4.78 is 7.22. The van der Waals surface area contributed by atoms with E-state index in [1.54, 1.807) is 13.2 Å². The maximum absolute atomic E-state index is 6.62. The molecule has 0 saturated carbocycles. The molecule has 20 heavy (non-hydrogen) atoms. The van der Waals surface area contributed by atoms with Gasteiger partial charge in [-0.25, -0.2) is 0 Å². The van der Waals surface area contributed by atoms with Crippen LogP contribution in [-0.4, -0.2) is 7.11 Å². The van der Waals surface area contributed by atoms with Crippen LogP contribution in [0.25, 0.3) is 0 Å². The standard InChI is InChI=1S/C15H12Br2Cl2O/c1-8-3-9(5-10(16)4-8)14(19)12-6-11(18)7-13(17)15(12)20-2/h3-7,14H,1-2H3. The largest absolute Gasteiger partial charge is 0.495 e. The van der Waals surface area contributed by atoms with Crippen LogP contribution in [0.1, 0.15) is 22.1 Å². The maximum Gasteiger partial charge on any atom is 0.138 e. The predicted octanol–water partition coefficient (Wildman–Crippen LogP) is 6.51. The highest BCUT2D eigenvalue weighted by Gasteiger charge is 2.19. The zero-order valence-corrected chi connectivity index (χ0v) is 15.6. The van der Waals surface area contributed by atoms with Gasteiger partial charge in [-0.3, -0.25) is 0 Å². The maximum atomic E-state index is 6.62. The fourth-order valence-electron chi connectivity index (χ4n) is 2.07. The van der Waals surface area contributed by atoms with Crippen LogP contribution in [0.4, 0.5) is 0 Å². The second kappa shape index (κ2) is 6.69. The third kappa shape index (κ3) is 3.51. The minimum absolute atomic E-state index is 0.337. The van der Waals surface area contributed by atoms with Gasteiger partial charge in [0.15, 0.2) is 0 Å². The molecule has 0 heterocycles. The van der Waals surface area contributed by atoms with Crippen LogP contribution >= 0.6 is 55.1 Å². The van der Waals surface area contributed by atoms with Gasteiger partial charge < -0.3 is 4.74 Å². The van der Waals surface area contributed by atoms with Crippen molar-refractivity contribution in [3.63, 3.8) is 0 Å². The summed E-state index contributed by atoms with van der Waals surface area (Å²) in [6, 6.07) is 9.71. The van der Waals surface area contributed by atoms with Crippen molar-refractivity contribution in [3.05, 3.63) is 61.0 Å². The van der Waals surface area contributed by atoms with E-state index in [1.165, 1.54) is 0 Å². The predicted molar refractivity (Wildman–Crippen MR) is 92.3 cm³/mol. The summed E-state index contributed by atoms with van der Waals surface area (Å²) >= 11 is 19.7. The highest BCUT2D eigenvalue weighted by Crippen LogP contribution is 2.41. The molecular formula is C15H12Br2Cl2O. The summed E-state index contributed by atoms with van der Waals surface area (Å²) in [5.74, 6) is 0.701. The SMILES string of the molecule is COc1c(Br)cc(Cl)cc1C(Cl)c1cc(C)cc(Br)c1. The van der Waals surface area contributed by atoms with Crippen molar-refractivity contribution in [2.45, 2.75) is 12.3 Å². The Balaban J connectivity index is 2.55. The smallest absolute Gasteiger partial charge is 0.138 e. The Morgan fingerprint density at radius 2 is 1.80 bits per heavy atom. The van der Waals surface area contributed by atoms with Crippen molar-refractivity contribution in [2.75, 3.05) is 7.11 Å². The van der Waals surface area contributed by atoms with Crippen LogP contribution in [0.15, 0.2) is 39.3 Å². The Hall–Kier alpha value is -0.220. The van der Waals surface area contributed by atoms with Gasteiger partial charge in [0.1, 0.15) is 5.75 Å². The van der Waals surface area contributed by atoms with Gasteiger partial charge >= 0.3 is 0 Å². The van der Waals surface area contributed by atoms with Crippen molar-refractivity contribution in [1.82, 2.24) is 0 Å². The van der Waals surface area contributed by atoms with Crippen LogP contribution in [0, 0.1) is 6.92 Å². The molecule has 0 aliphatic carbocycles. The molecule has 1 unspecified atom stereocenters. The molecular weight excluding hydrogens is 427 g/mol. The van der Waals surface area contributed by atoms with Gasteiger partial charge in [-0.2, -0.15) is 0 Å². The number of aryl methyl sites for hydroxylation is 1. The number of hydrogen-bond acceptors (Lipinski definition) is 1. The van der Waals surface area contributed by atoms with Crippen LogP contribution < -0.4 is 4.74 Å². The van der Waals surface area contributed by atoms with E-state index < -0.39 is 0 Å². The quantitative estimate of drug-likeness (QED) is 0.496. The highest BCUT2D eigenvalue weighted by molar-refractivity contribution is 9.10. The summed E-state index contributed by atoms with van der Waals surface area (Å²) in [6.45, 7) is 2.03. The molecule has 106 valence electrons. The van der Waals surface area contributed by atoms with Crippen LogP contribution in [0.2, 0.25) is 5.02 Å². The lowest BCUT2D eigenvalue weighted by Gasteiger charge is -2.17. The van der Waals surface area contributed by atoms with Gasteiger partial charge in [-0.15, -0.1) is 11.6 Å². The summed E-state index contributed by atoms with van der Waals surface area (Å²) in [4.78, 5) is 0.